The number of carbonyl (C=O) groups is 1. The van der Waals surface area contributed by atoms with Gasteiger partial charge in [-0.3, -0.25) is 9.69 Å². The molecule has 2 aliphatic heterocycles. The van der Waals surface area contributed by atoms with E-state index in [-0.39, 0.29) is 17.5 Å². The first-order chi connectivity index (χ1) is 14.0. The van der Waals surface area contributed by atoms with E-state index in [1.807, 2.05) is 18.2 Å². The van der Waals surface area contributed by atoms with Crippen molar-refractivity contribution >= 4 is 33.4 Å². The minimum atomic E-state index is -0.0374. The van der Waals surface area contributed by atoms with Crippen molar-refractivity contribution in [2.45, 2.75) is 43.7 Å². The Morgan fingerprint density at radius 3 is 2.97 bits per heavy atom. The topological polar surface area (TPSA) is 54.5 Å². The second kappa shape index (κ2) is 7.25. The van der Waals surface area contributed by atoms with Crippen LogP contribution in [0.5, 0.6) is 5.88 Å². The van der Waals surface area contributed by atoms with Gasteiger partial charge in [-0.05, 0) is 59.3 Å². The van der Waals surface area contributed by atoms with Crippen molar-refractivity contribution in [1.29, 1.82) is 0 Å². The molecular weight excluding hydrogens is 454 g/mol. The lowest BCUT2D eigenvalue weighted by atomic mass is 9.97. The van der Waals surface area contributed by atoms with Gasteiger partial charge in [-0.25, -0.2) is 4.98 Å². The zero-order valence-corrected chi connectivity index (χ0v) is 18.6. The number of fused-ring (bicyclic) bond motifs is 1. The fourth-order valence-corrected chi connectivity index (χ4v) is 5.78. The largest absolute Gasteiger partial charge is 0.481 e. The summed E-state index contributed by atoms with van der Waals surface area (Å²) in [5.74, 6) is 0.876. The summed E-state index contributed by atoms with van der Waals surface area (Å²) < 4.78 is 6.61. The van der Waals surface area contributed by atoms with Crippen LogP contribution in [0.25, 0.3) is 11.3 Å². The van der Waals surface area contributed by atoms with E-state index in [0.717, 1.165) is 54.5 Å². The molecular formula is C22H23BrClN3O2. The van der Waals surface area contributed by atoms with Crippen LogP contribution in [0.3, 0.4) is 0 Å². The van der Waals surface area contributed by atoms with Crippen LogP contribution in [0.1, 0.15) is 42.9 Å². The van der Waals surface area contributed by atoms with Crippen LogP contribution in [-0.2, 0) is 11.2 Å². The van der Waals surface area contributed by atoms with E-state index in [1.54, 1.807) is 7.11 Å². The summed E-state index contributed by atoms with van der Waals surface area (Å²) in [5.41, 5.74) is 4.19. The normalized spacial score (nSPS) is 26.2. The zero-order chi connectivity index (χ0) is 20.2. The molecule has 0 saturated carbocycles. The molecule has 152 valence electrons. The lowest BCUT2D eigenvalue weighted by molar-refractivity contribution is -0.119. The Kier molecular flexibility index (Phi) is 4.84. The van der Waals surface area contributed by atoms with Crippen molar-refractivity contribution in [3.05, 3.63) is 44.9 Å². The average Bonchev–Trinajstić information content (AvgIpc) is 3.42. The van der Waals surface area contributed by atoms with Gasteiger partial charge in [0.05, 0.1) is 23.4 Å². The fraction of sp³-hybridized carbons (Fsp3) is 0.455. The highest BCUT2D eigenvalue weighted by atomic mass is 79.9. The molecule has 2 atom stereocenters. The van der Waals surface area contributed by atoms with E-state index >= 15 is 0 Å². The maximum Gasteiger partial charge on any atom is 0.220 e. The van der Waals surface area contributed by atoms with Gasteiger partial charge in [-0.2, -0.15) is 0 Å². The second-order valence-electron chi connectivity index (χ2n) is 8.29. The Labute approximate surface area is 183 Å². The van der Waals surface area contributed by atoms with Gasteiger partial charge in [0.25, 0.3) is 0 Å². The SMILES string of the molecule is COc1nc(-c2cccc(Br)c2Cl)cc2c1[C@H](N1CCC3(CCC(=O)N3)C1)CC2. The van der Waals surface area contributed by atoms with Crippen LogP contribution < -0.4 is 10.1 Å². The number of carbonyl (C=O) groups excluding carboxylic acids is 1. The third-order valence-corrected chi connectivity index (χ3v) is 7.91. The van der Waals surface area contributed by atoms with Crippen LogP contribution in [0.2, 0.25) is 5.02 Å². The summed E-state index contributed by atoms with van der Waals surface area (Å²) in [7, 11) is 1.69. The highest BCUT2D eigenvalue weighted by molar-refractivity contribution is 9.10. The number of rotatable bonds is 3. The Morgan fingerprint density at radius 1 is 1.34 bits per heavy atom. The van der Waals surface area contributed by atoms with Crippen LogP contribution >= 0.6 is 27.5 Å². The quantitative estimate of drug-likeness (QED) is 0.708. The van der Waals surface area contributed by atoms with Gasteiger partial charge in [0.15, 0.2) is 0 Å². The number of aryl methyl sites for hydroxylation is 1. The number of hydrogen-bond acceptors (Lipinski definition) is 4. The van der Waals surface area contributed by atoms with Gasteiger partial charge in [-0.1, -0.05) is 23.7 Å². The lowest BCUT2D eigenvalue weighted by Crippen LogP contribution is -2.44. The standard InChI is InChI=1S/C22H23BrClN3O2/c1-29-21-19-13(11-16(25-21)14-3-2-4-15(23)20(14)24)5-6-17(19)27-10-9-22(12-27)8-7-18(28)26-22/h2-4,11,17H,5-10,12H2,1H3,(H,26,28)/t17-,22?/m1/s1. The third kappa shape index (κ3) is 3.25. The number of halogens is 2. The van der Waals surface area contributed by atoms with Crippen molar-refractivity contribution < 1.29 is 9.53 Å². The number of pyridine rings is 1. The zero-order valence-electron chi connectivity index (χ0n) is 16.3. The maximum absolute atomic E-state index is 11.8. The minimum absolute atomic E-state index is 0.0374. The van der Waals surface area contributed by atoms with E-state index < -0.39 is 0 Å². The number of nitrogens with one attached hydrogen (secondary N) is 1. The van der Waals surface area contributed by atoms with Gasteiger partial charge >= 0.3 is 0 Å². The second-order valence-corrected chi connectivity index (χ2v) is 9.53. The van der Waals surface area contributed by atoms with Crippen molar-refractivity contribution in [1.82, 2.24) is 15.2 Å². The van der Waals surface area contributed by atoms with Crippen molar-refractivity contribution in [3.8, 4) is 17.1 Å². The molecule has 1 N–H and O–H groups in total. The molecule has 2 saturated heterocycles. The highest BCUT2D eigenvalue weighted by Gasteiger charge is 2.46. The van der Waals surface area contributed by atoms with Gasteiger partial charge < -0.3 is 10.1 Å². The summed E-state index contributed by atoms with van der Waals surface area (Å²) >= 11 is 10.0. The number of likely N-dealkylation sites (tertiary alicyclic amines) is 1. The fourth-order valence-electron chi connectivity index (χ4n) is 5.19. The Hall–Kier alpha value is -1.63. The maximum atomic E-state index is 11.8. The smallest absolute Gasteiger partial charge is 0.220 e. The summed E-state index contributed by atoms with van der Waals surface area (Å²) in [5, 5.41) is 3.89. The Morgan fingerprint density at radius 2 is 2.21 bits per heavy atom. The minimum Gasteiger partial charge on any atom is -0.481 e. The molecule has 1 aliphatic carbocycles. The molecule has 1 amide bonds. The molecule has 2 fully saturated rings. The molecule has 1 unspecified atom stereocenters. The summed E-state index contributed by atoms with van der Waals surface area (Å²) in [6.45, 7) is 1.90. The first kappa shape index (κ1) is 19.3. The molecule has 0 radical (unpaired) electrons. The number of amides is 1. The van der Waals surface area contributed by atoms with Crippen LogP contribution in [-0.4, -0.2) is 41.5 Å². The van der Waals surface area contributed by atoms with Gasteiger partial charge in [0, 0.05) is 41.2 Å². The number of benzene rings is 1. The third-order valence-electron chi connectivity index (χ3n) is 6.61. The Bertz CT molecular complexity index is 998. The van der Waals surface area contributed by atoms with Crippen LogP contribution in [0.15, 0.2) is 28.7 Å². The molecule has 7 heteroatoms. The van der Waals surface area contributed by atoms with Gasteiger partial charge in [0.2, 0.25) is 11.8 Å². The predicted molar refractivity (Wildman–Crippen MR) is 116 cm³/mol. The molecule has 3 aliphatic rings. The molecule has 1 aromatic heterocycles. The number of nitrogens with zero attached hydrogens (tertiary/aromatic N) is 2. The Balaban J connectivity index is 1.48. The molecule has 5 nitrogen and oxygen atoms in total. The molecule has 1 aromatic carbocycles. The molecule has 29 heavy (non-hydrogen) atoms. The highest BCUT2D eigenvalue weighted by Crippen LogP contribution is 2.46. The molecule has 5 rings (SSSR count). The summed E-state index contributed by atoms with van der Waals surface area (Å²) in [6.07, 6.45) is 4.65. The van der Waals surface area contributed by atoms with Crippen LogP contribution in [0, 0.1) is 0 Å². The van der Waals surface area contributed by atoms with E-state index in [9.17, 15) is 4.79 Å². The summed E-state index contributed by atoms with van der Waals surface area (Å²) in [6, 6.07) is 8.33. The van der Waals surface area contributed by atoms with Crippen molar-refractivity contribution in [2.24, 2.45) is 0 Å². The van der Waals surface area contributed by atoms with Crippen LogP contribution in [0.4, 0.5) is 0 Å². The van der Waals surface area contributed by atoms with E-state index in [2.05, 4.69) is 32.2 Å². The predicted octanol–water partition coefficient (Wildman–Crippen LogP) is 4.51. The molecule has 1 spiro atoms. The number of hydrogen-bond donors (Lipinski definition) is 1. The first-order valence-corrected chi connectivity index (χ1v) is 11.2. The first-order valence-electron chi connectivity index (χ1n) is 10.1. The van der Waals surface area contributed by atoms with Gasteiger partial charge in [-0.15, -0.1) is 0 Å². The van der Waals surface area contributed by atoms with E-state index in [0.29, 0.717) is 17.3 Å². The van der Waals surface area contributed by atoms with E-state index in [1.165, 1.54) is 11.1 Å². The average molecular weight is 477 g/mol. The van der Waals surface area contributed by atoms with Crippen molar-refractivity contribution in [2.75, 3.05) is 20.2 Å². The number of ether oxygens (including phenoxy) is 1. The van der Waals surface area contributed by atoms with Gasteiger partial charge in [0.1, 0.15) is 0 Å². The molecule has 0 bridgehead atoms. The number of aromatic nitrogens is 1. The molecule has 2 aromatic rings. The molecule has 3 heterocycles. The van der Waals surface area contributed by atoms with E-state index in [4.69, 9.17) is 21.3 Å². The number of methoxy groups -OCH3 is 1. The summed E-state index contributed by atoms with van der Waals surface area (Å²) in [4.78, 5) is 19.1. The lowest BCUT2D eigenvalue weighted by Gasteiger charge is -2.28. The van der Waals surface area contributed by atoms with Crippen molar-refractivity contribution in [3.63, 3.8) is 0 Å². The monoisotopic (exact) mass is 475 g/mol.